The molecule has 0 bridgehead atoms. The number of aromatic nitrogens is 3. The van der Waals surface area contributed by atoms with E-state index in [1.807, 2.05) is 23.0 Å². The predicted molar refractivity (Wildman–Crippen MR) is 102 cm³/mol. The molecule has 0 amide bonds. The van der Waals surface area contributed by atoms with Crippen LogP contribution in [0, 0.1) is 0 Å². The summed E-state index contributed by atoms with van der Waals surface area (Å²) in [6, 6.07) is 6.02. The van der Waals surface area contributed by atoms with E-state index in [0.717, 1.165) is 47.6 Å². The smallest absolute Gasteiger partial charge is 0.152 e. The first-order valence-corrected chi connectivity index (χ1v) is 10.7. The fraction of sp³-hybridized carbons (Fsp3) is 0.444. The number of pyridine rings is 1. The van der Waals surface area contributed by atoms with Gasteiger partial charge in [-0.3, -0.25) is 4.68 Å². The van der Waals surface area contributed by atoms with E-state index in [9.17, 15) is 8.42 Å². The Hall–Kier alpha value is -2.15. The fourth-order valence-corrected chi connectivity index (χ4v) is 3.93. The minimum atomic E-state index is -2.91. The standard InChI is InChI=1S/C18H24N4O2S/c1-3-10-22-12-14-16-13(7-4-5-11-25(2,23)24)8-6-9-15(16)20-18(19)17(14)21-22/h6,8-9,12H,3-5,7,10-11H2,1-2H3,(H2,19,20). The maximum Gasteiger partial charge on any atom is 0.152 e. The van der Waals surface area contributed by atoms with E-state index >= 15 is 0 Å². The van der Waals surface area contributed by atoms with Gasteiger partial charge in [0.1, 0.15) is 15.4 Å². The molecule has 0 saturated heterocycles. The first-order chi connectivity index (χ1) is 11.9. The molecular formula is C18H24N4O2S. The second kappa shape index (κ2) is 7.00. The molecule has 3 rings (SSSR count). The Labute approximate surface area is 148 Å². The van der Waals surface area contributed by atoms with Crippen LogP contribution in [0.3, 0.4) is 0 Å². The molecule has 2 heterocycles. The summed E-state index contributed by atoms with van der Waals surface area (Å²) in [5.41, 5.74) is 8.87. The number of hydrogen-bond donors (Lipinski definition) is 1. The number of fused-ring (bicyclic) bond motifs is 3. The largest absolute Gasteiger partial charge is 0.382 e. The van der Waals surface area contributed by atoms with Crippen molar-refractivity contribution >= 4 is 37.5 Å². The number of nitrogen functional groups attached to an aromatic ring is 1. The second-order valence-corrected chi connectivity index (χ2v) is 8.81. The van der Waals surface area contributed by atoms with Gasteiger partial charge in [-0.2, -0.15) is 5.10 Å². The summed E-state index contributed by atoms with van der Waals surface area (Å²) >= 11 is 0. The molecule has 0 atom stereocenters. The lowest BCUT2D eigenvalue weighted by Crippen LogP contribution is -2.03. The van der Waals surface area contributed by atoms with Crippen molar-refractivity contribution in [3.8, 4) is 0 Å². The third-order valence-electron chi connectivity index (χ3n) is 4.31. The quantitative estimate of drug-likeness (QED) is 0.654. The van der Waals surface area contributed by atoms with E-state index in [0.29, 0.717) is 12.2 Å². The summed E-state index contributed by atoms with van der Waals surface area (Å²) in [7, 11) is -2.91. The van der Waals surface area contributed by atoms with Gasteiger partial charge >= 0.3 is 0 Å². The summed E-state index contributed by atoms with van der Waals surface area (Å²) in [4.78, 5) is 4.51. The minimum Gasteiger partial charge on any atom is -0.382 e. The van der Waals surface area contributed by atoms with Gasteiger partial charge in [0.25, 0.3) is 0 Å². The number of sulfone groups is 1. The molecule has 0 unspecified atom stereocenters. The molecule has 6 nitrogen and oxygen atoms in total. The molecule has 0 aliphatic rings. The van der Waals surface area contributed by atoms with Crippen LogP contribution in [-0.4, -0.2) is 35.2 Å². The first kappa shape index (κ1) is 17.7. The zero-order chi connectivity index (χ0) is 18.0. The van der Waals surface area contributed by atoms with E-state index in [1.54, 1.807) is 0 Å². The molecule has 0 spiro atoms. The van der Waals surface area contributed by atoms with Gasteiger partial charge in [0.05, 0.1) is 5.52 Å². The Morgan fingerprint density at radius 1 is 1.24 bits per heavy atom. The van der Waals surface area contributed by atoms with Crippen molar-refractivity contribution in [2.24, 2.45) is 0 Å². The molecule has 0 radical (unpaired) electrons. The number of unbranched alkanes of at least 4 members (excludes halogenated alkanes) is 1. The molecule has 25 heavy (non-hydrogen) atoms. The number of anilines is 1. The van der Waals surface area contributed by atoms with Crippen molar-refractivity contribution < 1.29 is 8.42 Å². The topological polar surface area (TPSA) is 90.9 Å². The number of hydrogen-bond acceptors (Lipinski definition) is 5. The van der Waals surface area contributed by atoms with Gasteiger partial charge in [0.2, 0.25) is 0 Å². The molecule has 134 valence electrons. The summed E-state index contributed by atoms with van der Waals surface area (Å²) < 4.78 is 24.5. The molecule has 0 saturated carbocycles. The molecule has 2 aromatic heterocycles. The van der Waals surface area contributed by atoms with Crippen LogP contribution in [0.15, 0.2) is 24.4 Å². The average molecular weight is 360 g/mol. The lowest BCUT2D eigenvalue weighted by atomic mass is 10.0. The second-order valence-electron chi connectivity index (χ2n) is 6.55. The van der Waals surface area contributed by atoms with Gasteiger partial charge in [-0.1, -0.05) is 19.1 Å². The van der Waals surface area contributed by atoms with E-state index in [4.69, 9.17) is 5.73 Å². The van der Waals surface area contributed by atoms with Gasteiger partial charge in [0.15, 0.2) is 5.82 Å². The van der Waals surface area contributed by atoms with Gasteiger partial charge in [-0.25, -0.2) is 13.4 Å². The van der Waals surface area contributed by atoms with Gasteiger partial charge in [0, 0.05) is 35.5 Å². The molecule has 0 aliphatic carbocycles. The number of nitrogens with zero attached hydrogens (tertiary/aromatic N) is 3. The Morgan fingerprint density at radius 3 is 2.76 bits per heavy atom. The average Bonchev–Trinajstić information content (AvgIpc) is 2.95. The van der Waals surface area contributed by atoms with Crippen LogP contribution < -0.4 is 5.73 Å². The monoisotopic (exact) mass is 360 g/mol. The molecule has 0 aliphatic heterocycles. The number of aryl methyl sites for hydroxylation is 2. The summed E-state index contributed by atoms with van der Waals surface area (Å²) in [6.07, 6.45) is 6.61. The Bertz CT molecular complexity index is 1010. The van der Waals surface area contributed by atoms with Crippen molar-refractivity contribution in [3.63, 3.8) is 0 Å². The van der Waals surface area contributed by atoms with Gasteiger partial charge in [-0.05, 0) is 37.3 Å². The van der Waals surface area contributed by atoms with Crippen LogP contribution in [0.4, 0.5) is 5.82 Å². The molecule has 2 N–H and O–H groups in total. The molecular weight excluding hydrogens is 336 g/mol. The normalized spacial score (nSPS) is 12.2. The van der Waals surface area contributed by atoms with Crippen LogP contribution in [0.25, 0.3) is 21.8 Å². The van der Waals surface area contributed by atoms with E-state index in [2.05, 4.69) is 23.1 Å². The lowest BCUT2D eigenvalue weighted by molar-refractivity contribution is 0.597. The third-order valence-corrected chi connectivity index (χ3v) is 5.34. The van der Waals surface area contributed by atoms with Crippen molar-refractivity contribution in [3.05, 3.63) is 30.0 Å². The summed E-state index contributed by atoms with van der Waals surface area (Å²) in [5, 5.41) is 6.67. The SMILES string of the molecule is CCCn1cc2c(n1)c(N)nc1cccc(CCCCS(C)(=O)=O)c12. The van der Waals surface area contributed by atoms with Gasteiger partial charge in [-0.15, -0.1) is 0 Å². The highest BCUT2D eigenvalue weighted by atomic mass is 32.2. The summed E-state index contributed by atoms with van der Waals surface area (Å²) in [6.45, 7) is 2.95. The predicted octanol–water partition coefficient (Wildman–Crippen LogP) is 2.94. The molecule has 7 heteroatoms. The van der Waals surface area contributed by atoms with Crippen molar-refractivity contribution in [2.75, 3.05) is 17.7 Å². The fourth-order valence-electron chi connectivity index (χ4n) is 3.20. The zero-order valence-electron chi connectivity index (χ0n) is 14.7. The van der Waals surface area contributed by atoms with Crippen molar-refractivity contribution in [1.82, 2.24) is 14.8 Å². The van der Waals surface area contributed by atoms with E-state index in [1.165, 1.54) is 11.8 Å². The van der Waals surface area contributed by atoms with Crippen LogP contribution >= 0.6 is 0 Å². The van der Waals surface area contributed by atoms with E-state index in [-0.39, 0.29) is 5.75 Å². The minimum absolute atomic E-state index is 0.229. The van der Waals surface area contributed by atoms with Crippen LogP contribution in [0.5, 0.6) is 0 Å². The Balaban J connectivity index is 1.99. The number of rotatable bonds is 7. The summed E-state index contributed by atoms with van der Waals surface area (Å²) in [5.74, 6) is 0.680. The highest BCUT2D eigenvalue weighted by Crippen LogP contribution is 2.30. The number of benzene rings is 1. The molecule has 3 aromatic rings. The van der Waals surface area contributed by atoms with Crippen LogP contribution in [-0.2, 0) is 22.8 Å². The first-order valence-electron chi connectivity index (χ1n) is 8.61. The van der Waals surface area contributed by atoms with Crippen LogP contribution in [0.1, 0.15) is 31.7 Å². The Morgan fingerprint density at radius 2 is 2.04 bits per heavy atom. The lowest BCUT2D eigenvalue weighted by Gasteiger charge is -2.08. The van der Waals surface area contributed by atoms with Gasteiger partial charge < -0.3 is 5.73 Å². The molecule has 0 fully saturated rings. The Kier molecular flexibility index (Phi) is 4.94. The van der Waals surface area contributed by atoms with Crippen molar-refractivity contribution in [2.45, 2.75) is 39.2 Å². The highest BCUT2D eigenvalue weighted by Gasteiger charge is 2.13. The van der Waals surface area contributed by atoms with Crippen molar-refractivity contribution in [1.29, 1.82) is 0 Å². The highest BCUT2D eigenvalue weighted by molar-refractivity contribution is 7.90. The third kappa shape index (κ3) is 3.92. The molecule has 1 aromatic carbocycles. The maximum absolute atomic E-state index is 11.3. The number of nitrogens with two attached hydrogens (primary N) is 1. The van der Waals surface area contributed by atoms with Crippen LogP contribution in [0.2, 0.25) is 0 Å². The van der Waals surface area contributed by atoms with E-state index < -0.39 is 9.84 Å². The maximum atomic E-state index is 11.3. The zero-order valence-corrected chi connectivity index (χ0v) is 15.5.